The molecule has 0 radical (unpaired) electrons. The molecule has 0 amide bonds. The van der Waals surface area contributed by atoms with Crippen molar-refractivity contribution in [1.82, 2.24) is 9.97 Å². The molecule has 1 aromatic heterocycles. The average Bonchev–Trinajstić information content (AvgIpc) is 2.80. The van der Waals surface area contributed by atoms with E-state index in [0.29, 0.717) is 11.4 Å². The Morgan fingerprint density at radius 3 is 1.85 bits per heavy atom. The summed E-state index contributed by atoms with van der Waals surface area (Å²) in [4.78, 5) is 9.09. The van der Waals surface area contributed by atoms with Crippen molar-refractivity contribution < 1.29 is 26.3 Å². The number of benzene rings is 3. The number of ether oxygens (including phenoxy) is 1. The zero-order valence-corrected chi connectivity index (χ0v) is 17.6. The summed E-state index contributed by atoms with van der Waals surface area (Å²) in [5.41, 5.74) is -2.72. The van der Waals surface area contributed by atoms with Crippen molar-refractivity contribution in [2.24, 2.45) is 0 Å². The van der Waals surface area contributed by atoms with Gasteiger partial charge >= 0.3 is 15.5 Å². The molecule has 0 aliphatic rings. The molecule has 0 aliphatic heterocycles. The quantitative estimate of drug-likeness (QED) is 0.381. The lowest BCUT2D eigenvalue weighted by Crippen LogP contribution is -2.29. The van der Waals surface area contributed by atoms with Crippen LogP contribution in [0.15, 0.2) is 91.1 Å². The smallest absolute Gasteiger partial charge is 0.437 e. The molecule has 0 fully saturated rings. The molecular weight excluding hydrogens is 455 g/mol. The highest BCUT2D eigenvalue weighted by Gasteiger charge is 2.46. The molecule has 0 bridgehead atoms. The van der Waals surface area contributed by atoms with Crippen LogP contribution in [0.3, 0.4) is 0 Å². The second kappa shape index (κ2) is 8.91. The highest BCUT2D eigenvalue weighted by atomic mass is 32.2. The third kappa shape index (κ3) is 5.12. The molecule has 10 heteroatoms. The molecule has 0 saturated carbocycles. The molecular formula is C23H16F3N3O3S. The predicted molar refractivity (Wildman–Crippen MR) is 118 cm³/mol. The average molecular weight is 471 g/mol. The zero-order valence-electron chi connectivity index (χ0n) is 16.8. The Kier molecular flexibility index (Phi) is 6.01. The lowest BCUT2D eigenvalue weighted by Gasteiger charge is -2.12. The van der Waals surface area contributed by atoms with Crippen LogP contribution in [0.4, 0.5) is 18.9 Å². The van der Waals surface area contributed by atoms with E-state index in [2.05, 4.69) is 9.97 Å². The first kappa shape index (κ1) is 22.3. The van der Waals surface area contributed by atoms with Crippen molar-refractivity contribution in [3.63, 3.8) is 0 Å². The van der Waals surface area contributed by atoms with E-state index < -0.39 is 15.5 Å². The normalized spacial score (nSPS) is 11.7. The van der Waals surface area contributed by atoms with E-state index in [4.69, 9.17) is 4.74 Å². The first-order valence-electron chi connectivity index (χ1n) is 9.58. The maximum atomic E-state index is 12.5. The molecule has 168 valence electrons. The Balaban J connectivity index is 1.61. The zero-order chi connectivity index (χ0) is 23.5. The van der Waals surface area contributed by atoms with Crippen molar-refractivity contribution in [3.05, 3.63) is 91.1 Å². The molecule has 1 N–H and O–H groups in total. The fraction of sp³-hybridized carbons (Fsp3) is 0.0435. The number of nitrogens with zero attached hydrogens (tertiary/aromatic N) is 2. The lowest BCUT2D eigenvalue weighted by atomic mass is 10.0. The van der Waals surface area contributed by atoms with E-state index in [9.17, 15) is 21.6 Å². The molecule has 6 nitrogen and oxygen atoms in total. The number of rotatable bonds is 6. The van der Waals surface area contributed by atoms with Crippen LogP contribution in [0.25, 0.3) is 22.5 Å². The monoisotopic (exact) mass is 471 g/mol. The van der Waals surface area contributed by atoms with Gasteiger partial charge in [-0.05, 0) is 24.3 Å². The van der Waals surface area contributed by atoms with Gasteiger partial charge in [0.25, 0.3) is 0 Å². The van der Waals surface area contributed by atoms with E-state index in [0.717, 1.165) is 23.3 Å². The molecule has 0 aliphatic carbocycles. The van der Waals surface area contributed by atoms with Gasteiger partial charge in [-0.2, -0.15) is 21.6 Å². The number of sulfonamides is 1. The van der Waals surface area contributed by atoms with Crippen LogP contribution in [0.1, 0.15) is 0 Å². The van der Waals surface area contributed by atoms with Gasteiger partial charge in [-0.3, -0.25) is 4.72 Å². The molecule has 33 heavy (non-hydrogen) atoms. The minimum atomic E-state index is -5.50. The number of nitrogens with one attached hydrogen (secondary N) is 1. The Labute approximate surface area is 187 Å². The summed E-state index contributed by atoms with van der Waals surface area (Å²) >= 11 is 0. The van der Waals surface area contributed by atoms with E-state index >= 15 is 0 Å². The van der Waals surface area contributed by atoms with Gasteiger partial charge in [0.05, 0.1) is 11.9 Å². The van der Waals surface area contributed by atoms with Crippen LogP contribution in [0, 0.1) is 0 Å². The van der Waals surface area contributed by atoms with Gasteiger partial charge in [0.15, 0.2) is 0 Å². The van der Waals surface area contributed by atoms with Gasteiger partial charge in [0.1, 0.15) is 11.4 Å². The second-order valence-electron chi connectivity index (χ2n) is 6.82. The molecule has 0 atom stereocenters. The first-order chi connectivity index (χ1) is 15.7. The molecule has 1 heterocycles. The fourth-order valence-electron chi connectivity index (χ4n) is 2.95. The van der Waals surface area contributed by atoms with Gasteiger partial charge in [0.2, 0.25) is 5.88 Å². The van der Waals surface area contributed by atoms with Crippen LogP contribution in [-0.2, 0) is 10.0 Å². The summed E-state index contributed by atoms with van der Waals surface area (Å²) in [6.07, 6.45) is 1.44. The Morgan fingerprint density at radius 1 is 0.758 bits per heavy atom. The van der Waals surface area contributed by atoms with Crippen molar-refractivity contribution in [2.75, 3.05) is 4.72 Å². The van der Waals surface area contributed by atoms with Gasteiger partial charge in [-0.25, -0.2) is 9.97 Å². The van der Waals surface area contributed by atoms with Crippen LogP contribution >= 0.6 is 0 Å². The number of aromatic nitrogens is 2. The summed E-state index contributed by atoms with van der Waals surface area (Å²) in [5.74, 6) is 0.405. The van der Waals surface area contributed by atoms with Crippen molar-refractivity contribution in [2.45, 2.75) is 5.51 Å². The van der Waals surface area contributed by atoms with Gasteiger partial charge in [0, 0.05) is 16.8 Å². The Hall–Kier alpha value is -3.92. The van der Waals surface area contributed by atoms with Crippen LogP contribution in [0.5, 0.6) is 11.6 Å². The Bertz CT molecular complexity index is 1350. The molecule has 0 spiro atoms. The maximum absolute atomic E-state index is 12.5. The molecule has 3 aromatic carbocycles. The van der Waals surface area contributed by atoms with E-state index in [1.807, 2.05) is 60.7 Å². The van der Waals surface area contributed by atoms with Gasteiger partial charge in [-0.15, -0.1) is 0 Å². The van der Waals surface area contributed by atoms with E-state index in [1.165, 1.54) is 23.1 Å². The first-order valence-corrected chi connectivity index (χ1v) is 11.1. The highest BCUT2D eigenvalue weighted by molar-refractivity contribution is 7.93. The van der Waals surface area contributed by atoms with Gasteiger partial charge < -0.3 is 4.74 Å². The number of hydrogen-bond donors (Lipinski definition) is 1. The number of anilines is 1. The topological polar surface area (TPSA) is 81.2 Å². The van der Waals surface area contributed by atoms with Crippen LogP contribution in [0.2, 0.25) is 0 Å². The van der Waals surface area contributed by atoms with Crippen molar-refractivity contribution in [1.29, 1.82) is 0 Å². The van der Waals surface area contributed by atoms with Crippen LogP contribution in [-0.4, -0.2) is 23.9 Å². The Morgan fingerprint density at radius 2 is 1.30 bits per heavy atom. The summed E-state index contributed by atoms with van der Waals surface area (Å²) in [6, 6.07) is 23.9. The molecule has 4 aromatic rings. The van der Waals surface area contributed by atoms with E-state index in [-0.39, 0.29) is 17.3 Å². The maximum Gasteiger partial charge on any atom is 0.516 e. The SMILES string of the molecule is O=S(=O)(Nc1ccc(Oc2cnc(-c3ccccc3)c(-c3ccccc3)n2)cc1)C(F)(F)F. The highest BCUT2D eigenvalue weighted by Crippen LogP contribution is 2.32. The number of hydrogen-bond acceptors (Lipinski definition) is 5. The lowest BCUT2D eigenvalue weighted by molar-refractivity contribution is -0.0429. The van der Waals surface area contributed by atoms with Crippen LogP contribution < -0.4 is 9.46 Å². The van der Waals surface area contributed by atoms with Crippen molar-refractivity contribution >= 4 is 15.7 Å². The van der Waals surface area contributed by atoms with Gasteiger partial charge in [-0.1, -0.05) is 60.7 Å². The largest absolute Gasteiger partial charge is 0.516 e. The minimum absolute atomic E-state index is 0.164. The third-order valence-electron chi connectivity index (χ3n) is 4.48. The number of halogens is 3. The van der Waals surface area contributed by atoms with Crippen molar-refractivity contribution in [3.8, 4) is 34.1 Å². The summed E-state index contributed by atoms with van der Waals surface area (Å²) in [5, 5.41) is 0. The molecule has 0 saturated heterocycles. The summed E-state index contributed by atoms with van der Waals surface area (Å²) < 4.78 is 67.2. The van der Waals surface area contributed by atoms with E-state index in [1.54, 1.807) is 0 Å². The number of alkyl halides is 3. The molecule has 0 unspecified atom stereocenters. The minimum Gasteiger partial charge on any atom is -0.437 e. The second-order valence-corrected chi connectivity index (χ2v) is 8.49. The third-order valence-corrected chi connectivity index (χ3v) is 5.59. The fourth-order valence-corrected chi connectivity index (χ4v) is 3.51. The predicted octanol–water partition coefficient (Wildman–Crippen LogP) is 5.86. The molecule has 4 rings (SSSR count). The summed E-state index contributed by atoms with van der Waals surface area (Å²) in [6.45, 7) is 0. The standard InChI is InChI=1S/C23H16F3N3O3S/c24-23(25,26)33(30,31)29-18-11-13-19(14-12-18)32-20-15-27-21(16-7-3-1-4-8-16)22(28-20)17-9-5-2-6-10-17/h1-15,29H. The summed E-state index contributed by atoms with van der Waals surface area (Å²) in [7, 11) is -5.50.